The molecule has 0 aromatic heterocycles. The van der Waals surface area contributed by atoms with Crippen LogP contribution in [0.4, 0.5) is 0 Å². The molecule has 1 amide bonds. The van der Waals surface area contributed by atoms with Gasteiger partial charge >= 0.3 is 0 Å². The van der Waals surface area contributed by atoms with Crippen LogP contribution in [-0.2, 0) is 17.9 Å². The summed E-state index contributed by atoms with van der Waals surface area (Å²) in [5.74, 6) is 1.00. The molecule has 1 aliphatic rings. The molecule has 19 heavy (non-hydrogen) atoms. The van der Waals surface area contributed by atoms with E-state index in [4.69, 9.17) is 5.73 Å². The topological polar surface area (TPSA) is 46.3 Å². The number of amides is 1. The number of likely N-dealkylation sites (tertiary alicyclic amines) is 1. The smallest absolute Gasteiger partial charge is 0.222 e. The summed E-state index contributed by atoms with van der Waals surface area (Å²) in [5.41, 5.74) is 8.09. The number of rotatable bonds is 4. The quantitative estimate of drug-likeness (QED) is 0.904. The van der Waals surface area contributed by atoms with Crippen LogP contribution in [0.1, 0.15) is 43.7 Å². The van der Waals surface area contributed by atoms with Gasteiger partial charge in [-0.15, -0.1) is 0 Å². The number of nitrogens with two attached hydrogens (primary N) is 1. The lowest BCUT2D eigenvalue weighted by molar-refractivity contribution is -0.131. The standard InChI is InChI=1S/C16H24N2O/c1-2-13-7-8-16(19)18(10-9-13)12-15-6-4-3-5-14(15)11-17/h3-6,13H,2,7-12,17H2,1H3. The molecule has 1 atom stereocenters. The summed E-state index contributed by atoms with van der Waals surface area (Å²) >= 11 is 0. The number of carbonyl (C=O) groups is 1. The summed E-state index contributed by atoms with van der Waals surface area (Å²) in [7, 11) is 0. The minimum absolute atomic E-state index is 0.294. The minimum Gasteiger partial charge on any atom is -0.338 e. The second-order valence-corrected chi connectivity index (χ2v) is 5.39. The Kier molecular flexibility index (Phi) is 4.97. The van der Waals surface area contributed by atoms with Crippen molar-refractivity contribution in [1.82, 2.24) is 4.90 Å². The second-order valence-electron chi connectivity index (χ2n) is 5.39. The number of hydrogen-bond acceptors (Lipinski definition) is 2. The Labute approximate surface area is 115 Å². The predicted molar refractivity (Wildman–Crippen MR) is 77.4 cm³/mol. The van der Waals surface area contributed by atoms with Gasteiger partial charge in [0.1, 0.15) is 0 Å². The number of carbonyl (C=O) groups excluding carboxylic acids is 1. The van der Waals surface area contributed by atoms with E-state index in [1.165, 1.54) is 12.0 Å². The molecule has 1 aromatic rings. The summed E-state index contributed by atoms with van der Waals surface area (Å²) in [6.45, 7) is 4.35. The van der Waals surface area contributed by atoms with Crippen molar-refractivity contribution in [3.05, 3.63) is 35.4 Å². The normalized spacial score (nSPS) is 20.4. The molecule has 1 aliphatic heterocycles. The largest absolute Gasteiger partial charge is 0.338 e. The van der Waals surface area contributed by atoms with Gasteiger partial charge in [-0.1, -0.05) is 37.6 Å². The van der Waals surface area contributed by atoms with E-state index in [0.29, 0.717) is 31.3 Å². The lowest BCUT2D eigenvalue weighted by atomic mass is 9.98. The Morgan fingerprint density at radius 3 is 2.68 bits per heavy atom. The maximum atomic E-state index is 12.2. The summed E-state index contributed by atoms with van der Waals surface area (Å²) in [6.07, 6.45) is 4.06. The molecular weight excluding hydrogens is 236 g/mol. The van der Waals surface area contributed by atoms with Crippen molar-refractivity contribution in [2.75, 3.05) is 6.54 Å². The highest BCUT2D eigenvalue weighted by atomic mass is 16.2. The predicted octanol–water partition coefficient (Wildman–Crippen LogP) is 2.68. The molecule has 0 bridgehead atoms. The van der Waals surface area contributed by atoms with Crippen LogP contribution < -0.4 is 5.73 Å². The molecule has 2 rings (SSSR count). The molecule has 0 spiro atoms. The fourth-order valence-electron chi connectivity index (χ4n) is 2.79. The van der Waals surface area contributed by atoms with E-state index in [1.807, 2.05) is 23.1 Å². The van der Waals surface area contributed by atoms with Crippen LogP contribution in [0.2, 0.25) is 0 Å². The molecule has 2 N–H and O–H groups in total. The molecule has 1 fully saturated rings. The second kappa shape index (κ2) is 6.71. The third-order valence-corrected chi connectivity index (χ3v) is 4.20. The Bertz CT molecular complexity index is 431. The van der Waals surface area contributed by atoms with Crippen LogP contribution in [0, 0.1) is 5.92 Å². The van der Waals surface area contributed by atoms with Crippen molar-refractivity contribution in [2.24, 2.45) is 11.7 Å². The fraction of sp³-hybridized carbons (Fsp3) is 0.562. The van der Waals surface area contributed by atoms with E-state index in [0.717, 1.165) is 24.9 Å². The minimum atomic E-state index is 0.294. The van der Waals surface area contributed by atoms with Gasteiger partial charge in [0.15, 0.2) is 0 Å². The van der Waals surface area contributed by atoms with Gasteiger partial charge in [0, 0.05) is 26.1 Å². The lowest BCUT2D eigenvalue weighted by Gasteiger charge is -2.22. The average molecular weight is 260 g/mol. The van der Waals surface area contributed by atoms with Crippen LogP contribution in [-0.4, -0.2) is 17.4 Å². The lowest BCUT2D eigenvalue weighted by Crippen LogP contribution is -2.30. The van der Waals surface area contributed by atoms with Gasteiger partial charge in [-0.2, -0.15) is 0 Å². The van der Waals surface area contributed by atoms with E-state index in [-0.39, 0.29) is 0 Å². The van der Waals surface area contributed by atoms with Crippen LogP contribution >= 0.6 is 0 Å². The SMILES string of the molecule is CCC1CCC(=O)N(Cc2ccccc2CN)CC1. The summed E-state index contributed by atoms with van der Waals surface area (Å²) in [6, 6.07) is 8.15. The van der Waals surface area contributed by atoms with Gasteiger partial charge in [0.2, 0.25) is 5.91 Å². The Hall–Kier alpha value is -1.35. The Morgan fingerprint density at radius 2 is 2.00 bits per heavy atom. The summed E-state index contributed by atoms with van der Waals surface area (Å²) < 4.78 is 0. The van der Waals surface area contributed by atoms with Gasteiger partial charge < -0.3 is 10.6 Å². The third-order valence-electron chi connectivity index (χ3n) is 4.20. The first-order valence-corrected chi connectivity index (χ1v) is 7.29. The maximum Gasteiger partial charge on any atom is 0.222 e. The molecular formula is C16H24N2O. The molecule has 3 heteroatoms. The van der Waals surface area contributed by atoms with Crippen molar-refractivity contribution in [2.45, 2.75) is 45.7 Å². The highest BCUT2D eigenvalue weighted by Gasteiger charge is 2.21. The van der Waals surface area contributed by atoms with Crippen LogP contribution in [0.5, 0.6) is 0 Å². The van der Waals surface area contributed by atoms with Crippen LogP contribution in [0.15, 0.2) is 24.3 Å². The Balaban J connectivity index is 2.07. The van der Waals surface area contributed by atoms with Crippen LogP contribution in [0.3, 0.4) is 0 Å². The van der Waals surface area contributed by atoms with E-state index < -0.39 is 0 Å². The van der Waals surface area contributed by atoms with E-state index >= 15 is 0 Å². The fourth-order valence-corrected chi connectivity index (χ4v) is 2.79. The molecule has 1 aromatic carbocycles. The van der Waals surface area contributed by atoms with Crippen molar-refractivity contribution < 1.29 is 4.79 Å². The van der Waals surface area contributed by atoms with Gasteiger partial charge in [-0.05, 0) is 29.9 Å². The van der Waals surface area contributed by atoms with Crippen molar-refractivity contribution in [3.63, 3.8) is 0 Å². The van der Waals surface area contributed by atoms with Crippen molar-refractivity contribution >= 4 is 5.91 Å². The maximum absolute atomic E-state index is 12.2. The molecule has 1 saturated heterocycles. The molecule has 0 saturated carbocycles. The molecule has 1 heterocycles. The molecule has 1 unspecified atom stereocenters. The van der Waals surface area contributed by atoms with E-state index in [9.17, 15) is 4.79 Å². The molecule has 0 radical (unpaired) electrons. The molecule has 104 valence electrons. The molecule has 0 aliphatic carbocycles. The van der Waals surface area contributed by atoms with E-state index in [2.05, 4.69) is 13.0 Å². The monoisotopic (exact) mass is 260 g/mol. The van der Waals surface area contributed by atoms with Gasteiger partial charge in [0.25, 0.3) is 0 Å². The van der Waals surface area contributed by atoms with Gasteiger partial charge in [-0.3, -0.25) is 4.79 Å². The third kappa shape index (κ3) is 3.57. The van der Waals surface area contributed by atoms with Gasteiger partial charge in [0.05, 0.1) is 0 Å². The van der Waals surface area contributed by atoms with Gasteiger partial charge in [-0.25, -0.2) is 0 Å². The van der Waals surface area contributed by atoms with E-state index in [1.54, 1.807) is 0 Å². The first-order chi connectivity index (χ1) is 9.24. The number of nitrogens with zero attached hydrogens (tertiary/aromatic N) is 1. The van der Waals surface area contributed by atoms with Crippen molar-refractivity contribution in [3.8, 4) is 0 Å². The summed E-state index contributed by atoms with van der Waals surface area (Å²) in [4.78, 5) is 14.2. The number of benzene rings is 1. The zero-order valence-corrected chi connectivity index (χ0v) is 11.8. The van der Waals surface area contributed by atoms with Crippen LogP contribution in [0.25, 0.3) is 0 Å². The molecule has 3 nitrogen and oxygen atoms in total. The zero-order valence-electron chi connectivity index (χ0n) is 11.8. The number of hydrogen-bond donors (Lipinski definition) is 1. The zero-order chi connectivity index (χ0) is 13.7. The van der Waals surface area contributed by atoms with Crippen molar-refractivity contribution in [1.29, 1.82) is 0 Å². The Morgan fingerprint density at radius 1 is 1.26 bits per heavy atom. The first kappa shape index (κ1) is 14.1. The first-order valence-electron chi connectivity index (χ1n) is 7.29. The summed E-state index contributed by atoms with van der Waals surface area (Å²) in [5, 5.41) is 0. The highest BCUT2D eigenvalue weighted by molar-refractivity contribution is 5.76. The highest BCUT2D eigenvalue weighted by Crippen LogP contribution is 2.22. The average Bonchev–Trinajstić information content (AvgIpc) is 2.62.